The van der Waals surface area contributed by atoms with Crippen LogP contribution >= 0.6 is 11.8 Å². The monoisotopic (exact) mass is 217 g/mol. The number of ether oxygens (including phenoxy) is 1. The molecule has 0 aromatic rings. The van der Waals surface area contributed by atoms with Crippen molar-refractivity contribution in [2.24, 2.45) is 0 Å². The highest BCUT2D eigenvalue weighted by Crippen LogP contribution is 2.16. The van der Waals surface area contributed by atoms with Crippen molar-refractivity contribution in [1.82, 2.24) is 5.32 Å². The Bertz CT molecular complexity index is 195. The Balaban J connectivity index is 2.14. The molecule has 1 heterocycles. The van der Waals surface area contributed by atoms with Crippen LogP contribution in [0.1, 0.15) is 27.2 Å². The lowest BCUT2D eigenvalue weighted by Gasteiger charge is -2.20. The van der Waals surface area contributed by atoms with Crippen LogP contribution in [-0.2, 0) is 9.53 Å². The van der Waals surface area contributed by atoms with Crippen LogP contribution in [0, 0.1) is 0 Å². The Labute approximate surface area is 90.0 Å². The van der Waals surface area contributed by atoms with Gasteiger partial charge < -0.3 is 10.1 Å². The zero-order chi connectivity index (χ0) is 10.6. The van der Waals surface area contributed by atoms with E-state index in [9.17, 15) is 4.79 Å². The molecule has 0 saturated carbocycles. The van der Waals surface area contributed by atoms with E-state index in [4.69, 9.17) is 4.74 Å². The van der Waals surface area contributed by atoms with Crippen molar-refractivity contribution in [3.8, 4) is 0 Å². The van der Waals surface area contributed by atoms with Crippen molar-refractivity contribution >= 4 is 17.7 Å². The maximum Gasteiger partial charge on any atom is 0.320 e. The van der Waals surface area contributed by atoms with Gasteiger partial charge in [-0.1, -0.05) is 0 Å². The fourth-order valence-electron chi connectivity index (χ4n) is 1.30. The SMILES string of the molecule is CC(C)(C)OC(=O)CNC1CCSC1. The summed E-state index contributed by atoms with van der Waals surface area (Å²) in [5, 5.41) is 3.21. The number of carbonyl (C=O) groups excluding carboxylic acids is 1. The molecule has 0 aliphatic carbocycles. The van der Waals surface area contributed by atoms with Gasteiger partial charge in [-0.3, -0.25) is 4.79 Å². The molecule has 0 aromatic heterocycles. The summed E-state index contributed by atoms with van der Waals surface area (Å²) >= 11 is 1.93. The Morgan fingerprint density at radius 2 is 2.29 bits per heavy atom. The summed E-state index contributed by atoms with van der Waals surface area (Å²) in [5.41, 5.74) is -0.372. The summed E-state index contributed by atoms with van der Waals surface area (Å²) in [6.45, 7) is 5.99. The minimum atomic E-state index is -0.372. The second-order valence-corrected chi connectivity index (χ2v) is 5.68. The molecule has 1 rings (SSSR count). The highest BCUT2D eigenvalue weighted by Gasteiger charge is 2.19. The topological polar surface area (TPSA) is 38.3 Å². The molecule has 1 aliphatic rings. The van der Waals surface area contributed by atoms with E-state index in [0.717, 1.165) is 12.2 Å². The summed E-state index contributed by atoms with van der Waals surface area (Å²) in [7, 11) is 0. The molecule has 0 bridgehead atoms. The van der Waals surface area contributed by atoms with E-state index in [1.165, 1.54) is 5.75 Å². The van der Waals surface area contributed by atoms with E-state index in [1.807, 2.05) is 32.5 Å². The fourth-order valence-corrected chi connectivity index (χ4v) is 2.49. The maximum atomic E-state index is 11.3. The predicted molar refractivity (Wildman–Crippen MR) is 59.6 cm³/mol. The number of rotatable bonds is 3. The smallest absolute Gasteiger partial charge is 0.320 e. The van der Waals surface area contributed by atoms with Gasteiger partial charge in [0.15, 0.2) is 0 Å². The number of nitrogens with one attached hydrogen (secondary N) is 1. The van der Waals surface area contributed by atoms with Gasteiger partial charge in [0.05, 0.1) is 6.54 Å². The van der Waals surface area contributed by atoms with Crippen LogP contribution in [-0.4, -0.2) is 35.7 Å². The third kappa shape index (κ3) is 4.86. The molecule has 82 valence electrons. The lowest BCUT2D eigenvalue weighted by molar-refractivity contribution is -0.153. The van der Waals surface area contributed by atoms with Crippen molar-refractivity contribution < 1.29 is 9.53 Å². The molecule has 1 atom stereocenters. The van der Waals surface area contributed by atoms with Crippen molar-refractivity contribution in [1.29, 1.82) is 0 Å². The number of esters is 1. The fraction of sp³-hybridized carbons (Fsp3) is 0.900. The van der Waals surface area contributed by atoms with E-state index in [1.54, 1.807) is 0 Å². The van der Waals surface area contributed by atoms with E-state index in [2.05, 4.69) is 5.32 Å². The Hall–Kier alpha value is -0.220. The van der Waals surface area contributed by atoms with Crippen LogP contribution in [0.15, 0.2) is 0 Å². The molecule has 1 saturated heterocycles. The summed E-state index contributed by atoms with van der Waals surface area (Å²) in [6, 6.07) is 0.493. The van der Waals surface area contributed by atoms with Crippen molar-refractivity contribution in [2.45, 2.75) is 38.8 Å². The first-order valence-electron chi connectivity index (χ1n) is 5.00. The van der Waals surface area contributed by atoms with E-state index in [-0.39, 0.29) is 11.6 Å². The Morgan fingerprint density at radius 1 is 1.57 bits per heavy atom. The van der Waals surface area contributed by atoms with Crippen LogP contribution < -0.4 is 5.32 Å². The van der Waals surface area contributed by atoms with Gasteiger partial charge >= 0.3 is 5.97 Å². The molecule has 4 heteroatoms. The minimum Gasteiger partial charge on any atom is -0.459 e. The van der Waals surface area contributed by atoms with Crippen molar-refractivity contribution in [2.75, 3.05) is 18.1 Å². The molecule has 1 fully saturated rings. The Kier molecular flexibility index (Phi) is 4.26. The third-order valence-electron chi connectivity index (χ3n) is 1.88. The summed E-state index contributed by atoms with van der Waals surface area (Å²) < 4.78 is 5.19. The molecular weight excluding hydrogens is 198 g/mol. The lowest BCUT2D eigenvalue weighted by atomic mass is 10.2. The minimum absolute atomic E-state index is 0.158. The van der Waals surface area contributed by atoms with Crippen LogP contribution in [0.4, 0.5) is 0 Å². The molecule has 3 nitrogen and oxygen atoms in total. The molecule has 0 radical (unpaired) electrons. The van der Waals surface area contributed by atoms with Crippen LogP contribution in [0.25, 0.3) is 0 Å². The number of hydrogen-bond acceptors (Lipinski definition) is 4. The molecule has 0 aromatic carbocycles. The van der Waals surface area contributed by atoms with Crippen molar-refractivity contribution in [3.63, 3.8) is 0 Å². The largest absolute Gasteiger partial charge is 0.459 e. The van der Waals surface area contributed by atoms with E-state index in [0.29, 0.717) is 12.6 Å². The van der Waals surface area contributed by atoms with Gasteiger partial charge in [-0.05, 0) is 32.9 Å². The Morgan fingerprint density at radius 3 is 2.79 bits per heavy atom. The van der Waals surface area contributed by atoms with Crippen LogP contribution in [0.3, 0.4) is 0 Å². The quantitative estimate of drug-likeness (QED) is 0.726. The third-order valence-corrected chi connectivity index (χ3v) is 3.05. The van der Waals surface area contributed by atoms with Crippen LogP contribution in [0.5, 0.6) is 0 Å². The molecule has 1 unspecified atom stereocenters. The first-order valence-corrected chi connectivity index (χ1v) is 6.16. The summed E-state index contributed by atoms with van der Waals surface area (Å²) in [6.07, 6.45) is 1.16. The molecular formula is C10H19NO2S. The van der Waals surface area contributed by atoms with Crippen LogP contribution in [0.2, 0.25) is 0 Å². The van der Waals surface area contributed by atoms with Gasteiger partial charge in [-0.25, -0.2) is 0 Å². The average Bonchev–Trinajstić information content (AvgIpc) is 2.49. The van der Waals surface area contributed by atoms with Gasteiger partial charge in [-0.2, -0.15) is 11.8 Å². The van der Waals surface area contributed by atoms with Gasteiger partial charge in [0, 0.05) is 11.8 Å². The molecule has 0 amide bonds. The zero-order valence-corrected chi connectivity index (χ0v) is 9.95. The second kappa shape index (κ2) is 5.03. The normalized spacial score (nSPS) is 22.4. The molecule has 1 N–H and O–H groups in total. The van der Waals surface area contributed by atoms with Gasteiger partial charge in [0.25, 0.3) is 0 Å². The molecule has 0 spiro atoms. The first kappa shape index (κ1) is 11.9. The predicted octanol–water partition coefficient (Wildman–Crippen LogP) is 1.42. The maximum absolute atomic E-state index is 11.3. The van der Waals surface area contributed by atoms with Gasteiger partial charge in [0.1, 0.15) is 5.60 Å². The number of thioether (sulfide) groups is 1. The lowest BCUT2D eigenvalue weighted by Crippen LogP contribution is -2.37. The standard InChI is InChI=1S/C10H19NO2S/c1-10(2,3)13-9(12)6-11-8-4-5-14-7-8/h8,11H,4-7H2,1-3H3. The summed E-state index contributed by atoms with van der Waals surface area (Å²) in [5.74, 6) is 2.16. The zero-order valence-electron chi connectivity index (χ0n) is 9.13. The number of carbonyl (C=O) groups is 1. The van der Waals surface area contributed by atoms with Gasteiger partial charge in [-0.15, -0.1) is 0 Å². The van der Waals surface area contributed by atoms with Gasteiger partial charge in [0.2, 0.25) is 0 Å². The average molecular weight is 217 g/mol. The highest BCUT2D eigenvalue weighted by atomic mass is 32.2. The number of hydrogen-bond donors (Lipinski definition) is 1. The van der Waals surface area contributed by atoms with E-state index < -0.39 is 0 Å². The van der Waals surface area contributed by atoms with E-state index >= 15 is 0 Å². The second-order valence-electron chi connectivity index (χ2n) is 4.53. The molecule has 1 aliphatic heterocycles. The highest BCUT2D eigenvalue weighted by molar-refractivity contribution is 7.99. The first-order chi connectivity index (χ1) is 6.47. The van der Waals surface area contributed by atoms with Crippen molar-refractivity contribution in [3.05, 3.63) is 0 Å². The summed E-state index contributed by atoms with van der Waals surface area (Å²) in [4.78, 5) is 11.3. The molecule has 14 heavy (non-hydrogen) atoms.